The third-order valence-corrected chi connectivity index (χ3v) is 5.45. The number of hydrogen-bond donors (Lipinski definition) is 2. The molecule has 0 amide bonds. The van der Waals surface area contributed by atoms with Crippen molar-refractivity contribution in [3.8, 4) is 0 Å². The molecule has 2 aromatic rings. The number of amidine groups is 1. The molecule has 1 fully saturated rings. The summed E-state index contributed by atoms with van der Waals surface area (Å²) in [6.07, 6.45) is 0. The van der Waals surface area contributed by atoms with E-state index in [1.165, 1.54) is 0 Å². The Kier molecular flexibility index (Phi) is 2.60. The molecule has 3 heterocycles. The lowest BCUT2D eigenvalue weighted by Gasteiger charge is -2.15. The van der Waals surface area contributed by atoms with Crippen molar-refractivity contribution in [2.75, 3.05) is 11.6 Å². The van der Waals surface area contributed by atoms with Gasteiger partial charge < -0.3 is 10.0 Å². The van der Waals surface area contributed by atoms with Gasteiger partial charge in [0.2, 0.25) is 0 Å². The SMILES string of the molecule is Cn1c(C2=C(O)C3CSCN3C2=N)[n+](C)c2ccccc21. The minimum Gasteiger partial charge on any atom is -0.509 e. The first-order chi connectivity index (χ1) is 10.1. The molecule has 0 aliphatic carbocycles. The Labute approximate surface area is 127 Å². The van der Waals surface area contributed by atoms with Crippen molar-refractivity contribution < 1.29 is 9.67 Å². The molecule has 4 rings (SSSR count). The number of hydrogen-bond acceptors (Lipinski definition) is 3. The number of imidazole rings is 1. The van der Waals surface area contributed by atoms with E-state index in [-0.39, 0.29) is 6.04 Å². The predicted octanol–water partition coefficient (Wildman–Crippen LogP) is 1.64. The molecule has 1 aromatic heterocycles. The number of aromatic nitrogens is 2. The van der Waals surface area contributed by atoms with Crippen LogP contribution in [-0.2, 0) is 14.1 Å². The Morgan fingerprint density at radius 1 is 1.38 bits per heavy atom. The van der Waals surface area contributed by atoms with Gasteiger partial charge in [0.1, 0.15) is 17.2 Å². The first-order valence-corrected chi connectivity index (χ1v) is 8.07. The van der Waals surface area contributed by atoms with E-state index in [4.69, 9.17) is 5.41 Å². The lowest BCUT2D eigenvalue weighted by atomic mass is 10.2. The molecule has 6 heteroatoms. The van der Waals surface area contributed by atoms with Gasteiger partial charge in [-0.05, 0) is 12.1 Å². The van der Waals surface area contributed by atoms with Crippen LogP contribution in [0.3, 0.4) is 0 Å². The van der Waals surface area contributed by atoms with E-state index in [0.29, 0.717) is 17.2 Å². The van der Waals surface area contributed by atoms with Gasteiger partial charge in [-0.2, -0.15) is 0 Å². The van der Waals surface area contributed by atoms with Gasteiger partial charge >= 0.3 is 0 Å². The number of fused-ring (bicyclic) bond motifs is 2. The summed E-state index contributed by atoms with van der Waals surface area (Å²) in [5.41, 5.74) is 2.87. The second-order valence-corrected chi connectivity index (χ2v) is 6.52. The molecule has 0 radical (unpaired) electrons. The third-order valence-electron chi connectivity index (χ3n) is 4.44. The topological polar surface area (TPSA) is 56.1 Å². The number of aliphatic hydroxyl groups excluding tert-OH is 1. The molecular weight excluding hydrogens is 284 g/mol. The monoisotopic (exact) mass is 301 g/mol. The number of para-hydroxylation sites is 2. The molecule has 2 aliphatic heterocycles. The van der Waals surface area contributed by atoms with E-state index < -0.39 is 0 Å². The molecule has 21 heavy (non-hydrogen) atoms. The van der Waals surface area contributed by atoms with Crippen LogP contribution in [0.4, 0.5) is 0 Å². The molecule has 1 aromatic carbocycles. The second kappa shape index (κ2) is 4.27. The molecule has 2 N–H and O–H groups in total. The van der Waals surface area contributed by atoms with Gasteiger partial charge in [-0.25, -0.2) is 9.13 Å². The maximum atomic E-state index is 10.6. The first kappa shape index (κ1) is 12.8. The average Bonchev–Trinajstić information content (AvgIpc) is 3.12. The number of rotatable bonds is 1. The van der Waals surface area contributed by atoms with E-state index >= 15 is 0 Å². The minimum absolute atomic E-state index is 0.0319. The Hall–Kier alpha value is -1.95. The number of aliphatic hydroxyl groups is 1. The Bertz CT molecular complexity index is 768. The summed E-state index contributed by atoms with van der Waals surface area (Å²) >= 11 is 1.76. The van der Waals surface area contributed by atoms with Crippen molar-refractivity contribution in [3.05, 3.63) is 35.8 Å². The van der Waals surface area contributed by atoms with Crippen molar-refractivity contribution in [2.45, 2.75) is 6.04 Å². The van der Waals surface area contributed by atoms with Crippen molar-refractivity contribution in [2.24, 2.45) is 14.1 Å². The number of benzene rings is 1. The lowest BCUT2D eigenvalue weighted by molar-refractivity contribution is -0.648. The lowest BCUT2D eigenvalue weighted by Crippen LogP contribution is -2.35. The molecule has 108 valence electrons. The van der Waals surface area contributed by atoms with Gasteiger partial charge in [0.15, 0.2) is 11.0 Å². The van der Waals surface area contributed by atoms with Crippen molar-refractivity contribution >= 4 is 34.2 Å². The standard InChI is InChI=1S/C15H16N4OS/c1-17-9-5-3-4-6-10(9)18(2)15(17)12-13(20)11-7-21-8-19(11)14(12)16/h3-6,11,16H,7-8H2,1-2H3/p+1. The number of aryl methyl sites for hydroxylation is 2. The fourth-order valence-corrected chi connectivity index (χ4v) is 4.53. The summed E-state index contributed by atoms with van der Waals surface area (Å²) in [4.78, 5) is 1.98. The Morgan fingerprint density at radius 2 is 2.14 bits per heavy atom. The highest BCUT2D eigenvalue weighted by molar-refractivity contribution is 7.99. The molecule has 1 atom stereocenters. The zero-order valence-corrected chi connectivity index (χ0v) is 12.8. The van der Waals surface area contributed by atoms with Gasteiger partial charge in [-0.3, -0.25) is 5.41 Å². The molecule has 0 spiro atoms. The Morgan fingerprint density at radius 3 is 2.86 bits per heavy atom. The normalized spacial score (nSPS) is 21.7. The summed E-state index contributed by atoms with van der Waals surface area (Å²) in [5, 5.41) is 19.1. The van der Waals surface area contributed by atoms with Crippen LogP contribution in [0.25, 0.3) is 16.6 Å². The van der Waals surface area contributed by atoms with E-state index in [2.05, 4.69) is 21.3 Å². The fraction of sp³-hybridized carbons (Fsp3) is 0.333. The van der Waals surface area contributed by atoms with Crippen LogP contribution in [0.1, 0.15) is 5.82 Å². The number of nitrogens with zero attached hydrogens (tertiary/aromatic N) is 3. The van der Waals surface area contributed by atoms with Gasteiger partial charge in [0.25, 0.3) is 5.82 Å². The Balaban J connectivity index is 1.99. The fourth-order valence-electron chi connectivity index (χ4n) is 3.36. The van der Waals surface area contributed by atoms with Crippen LogP contribution in [0, 0.1) is 5.41 Å². The van der Waals surface area contributed by atoms with Crippen molar-refractivity contribution in [1.82, 2.24) is 9.47 Å². The molecule has 0 bridgehead atoms. The number of nitrogens with one attached hydrogen (secondary N) is 1. The summed E-state index contributed by atoms with van der Waals surface area (Å²) in [5.74, 6) is 3.30. The summed E-state index contributed by atoms with van der Waals surface area (Å²) in [6, 6.07) is 8.11. The zero-order chi connectivity index (χ0) is 14.7. The first-order valence-electron chi connectivity index (χ1n) is 6.91. The van der Waals surface area contributed by atoms with E-state index in [0.717, 1.165) is 28.5 Å². The third kappa shape index (κ3) is 1.53. The van der Waals surface area contributed by atoms with Crippen LogP contribution < -0.4 is 4.57 Å². The van der Waals surface area contributed by atoms with E-state index in [1.54, 1.807) is 11.8 Å². The predicted molar refractivity (Wildman–Crippen MR) is 84.3 cm³/mol. The highest BCUT2D eigenvalue weighted by atomic mass is 32.2. The molecule has 0 saturated carbocycles. The van der Waals surface area contributed by atoms with Gasteiger partial charge in [-0.1, -0.05) is 12.1 Å². The van der Waals surface area contributed by atoms with Gasteiger partial charge in [0, 0.05) is 5.75 Å². The number of thioether (sulfide) groups is 1. The molecule has 5 nitrogen and oxygen atoms in total. The highest BCUT2D eigenvalue weighted by Crippen LogP contribution is 2.37. The molecular formula is C15H17N4OS+. The summed E-state index contributed by atoms with van der Waals surface area (Å²) < 4.78 is 4.12. The van der Waals surface area contributed by atoms with Crippen LogP contribution in [-0.4, -0.2) is 38.1 Å². The van der Waals surface area contributed by atoms with Crippen LogP contribution in [0.2, 0.25) is 0 Å². The maximum Gasteiger partial charge on any atom is 0.296 e. The van der Waals surface area contributed by atoms with Crippen LogP contribution >= 0.6 is 11.8 Å². The zero-order valence-electron chi connectivity index (χ0n) is 12.0. The van der Waals surface area contributed by atoms with E-state index in [9.17, 15) is 5.11 Å². The largest absolute Gasteiger partial charge is 0.509 e. The average molecular weight is 301 g/mol. The maximum absolute atomic E-state index is 10.6. The van der Waals surface area contributed by atoms with Crippen molar-refractivity contribution in [3.63, 3.8) is 0 Å². The van der Waals surface area contributed by atoms with Crippen molar-refractivity contribution in [1.29, 1.82) is 5.41 Å². The summed E-state index contributed by atoms with van der Waals surface area (Å²) in [7, 11) is 3.98. The smallest absolute Gasteiger partial charge is 0.296 e. The van der Waals surface area contributed by atoms with Crippen LogP contribution in [0.5, 0.6) is 0 Å². The molecule has 1 unspecified atom stereocenters. The van der Waals surface area contributed by atoms with E-state index in [1.807, 2.05) is 31.1 Å². The molecule has 2 aliphatic rings. The minimum atomic E-state index is -0.0319. The summed E-state index contributed by atoms with van der Waals surface area (Å²) in [6.45, 7) is 0. The second-order valence-electron chi connectivity index (χ2n) is 5.52. The highest BCUT2D eigenvalue weighted by Gasteiger charge is 2.45. The quantitative estimate of drug-likeness (QED) is 0.787. The molecule has 1 saturated heterocycles. The van der Waals surface area contributed by atoms with Gasteiger partial charge in [0.05, 0.1) is 26.0 Å². The van der Waals surface area contributed by atoms with Crippen LogP contribution in [0.15, 0.2) is 30.0 Å². The van der Waals surface area contributed by atoms with Gasteiger partial charge in [-0.15, -0.1) is 11.8 Å².